The molecule has 0 radical (unpaired) electrons. The number of thioether (sulfide) groups is 1. The molecule has 0 saturated carbocycles. The van der Waals surface area contributed by atoms with Crippen molar-refractivity contribution in [1.82, 2.24) is 5.32 Å². The number of nitrogens with zero attached hydrogens (tertiary/aromatic N) is 2. The molecule has 0 aromatic heterocycles. The Hall–Kier alpha value is -3.51. The first-order chi connectivity index (χ1) is 15.1. The molecule has 31 heavy (non-hydrogen) atoms. The molecule has 3 aromatic carbocycles. The van der Waals surface area contributed by atoms with Gasteiger partial charge in [0.25, 0.3) is 0 Å². The van der Waals surface area contributed by atoms with E-state index in [1.807, 2.05) is 55.5 Å². The van der Waals surface area contributed by atoms with Gasteiger partial charge >= 0.3 is 0 Å². The molecule has 5 rings (SSSR count). The third-order valence-electron chi connectivity index (χ3n) is 5.42. The van der Waals surface area contributed by atoms with E-state index in [0.717, 1.165) is 33.5 Å². The van der Waals surface area contributed by atoms with Crippen LogP contribution in [-0.4, -0.2) is 27.8 Å². The van der Waals surface area contributed by atoms with E-state index < -0.39 is 5.25 Å². The zero-order valence-electron chi connectivity index (χ0n) is 16.8. The molecule has 1 amide bonds. The van der Waals surface area contributed by atoms with Gasteiger partial charge < -0.3 is 5.32 Å². The van der Waals surface area contributed by atoms with Gasteiger partial charge in [-0.15, -0.1) is 10.2 Å². The van der Waals surface area contributed by atoms with Crippen LogP contribution < -0.4 is 5.32 Å². The molecular weight excluding hydrogens is 406 g/mol. The predicted octanol–water partition coefficient (Wildman–Crippen LogP) is 4.59. The Morgan fingerprint density at radius 3 is 2.06 bits per heavy atom. The summed E-state index contributed by atoms with van der Waals surface area (Å²) in [5.41, 5.74) is 6.79. The number of amides is 1. The Labute approximate surface area is 184 Å². The van der Waals surface area contributed by atoms with E-state index in [-0.39, 0.29) is 18.1 Å². The van der Waals surface area contributed by atoms with Crippen molar-refractivity contribution in [1.29, 1.82) is 0 Å². The van der Waals surface area contributed by atoms with Crippen molar-refractivity contribution in [2.75, 3.05) is 0 Å². The lowest BCUT2D eigenvalue weighted by Crippen LogP contribution is -2.26. The van der Waals surface area contributed by atoms with Crippen LogP contribution in [0.15, 0.2) is 83.0 Å². The van der Waals surface area contributed by atoms with Gasteiger partial charge in [-0.25, -0.2) is 0 Å². The van der Waals surface area contributed by atoms with Crippen molar-refractivity contribution in [3.8, 4) is 11.1 Å². The highest BCUT2D eigenvalue weighted by molar-refractivity contribution is 8.15. The number of fused-ring (bicyclic) bond motifs is 3. The molecule has 1 unspecified atom stereocenters. The van der Waals surface area contributed by atoms with Crippen LogP contribution in [0.5, 0.6) is 0 Å². The summed E-state index contributed by atoms with van der Waals surface area (Å²) in [4.78, 5) is 24.9. The van der Waals surface area contributed by atoms with E-state index in [9.17, 15) is 9.59 Å². The Kier molecular flexibility index (Phi) is 5.00. The fraction of sp³-hybridized carbons (Fsp3) is 0.120. The van der Waals surface area contributed by atoms with Crippen LogP contribution in [0.3, 0.4) is 0 Å². The van der Waals surface area contributed by atoms with Gasteiger partial charge in [-0.2, -0.15) is 0 Å². The van der Waals surface area contributed by atoms with Gasteiger partial charge in [0.1, 0.15) is 5.71 Å². The zero-order valence-corrected chi connectivity index (χ0v) is 17.6. The number of carbonyl (C=O) groups is 2. The summed E-state index contributed by atoms with van der Waals surface area (Å²) < 4.78 is 0. The number of amidine groups is 1. The van der Waals surface area contributed by atoms with Gasteiger partial charge in [0.2, 0.25) is 5.91 Å². The quantitative estimate of drug-likeness (QED) is 0.384. The maximum Gasteiger partial charge on any atom is 0.240 e. The summed E-state index contributed by atoms with van der Waals surface area (Å²) in [6.45, 7) is 1.97. The molecule has 152 valence electrons. The second-order valence-electron chi connectivity index (χ2n) is 7.53. The lowest BCUT2D eigenvalue weighted by molar-refractivity contribution is -0.118. The smallest absolute Gasteiger partial charge is 0.240 e. The first-order valence-electron chi connectivity index (χ1n) is 10.0. The van der Waals surface area contributed by atoms with Gasteiger partial charge in [-0.05, 0) is 18.1 Å². The van der Waals surface area contributed by atoms with Gasteiger partial charge in [-0.3, -0.25) is 9.59 Å². The summed E-state index contributed by atoms with van der Waals surface area (Å²) in [6, 6.07) is 23.6. The largest absolute Gasteiger partial charge is 0.303 e. The summed E-state index contributed by atoms with van der Waals surface area (Å²) >= 11 is 1.25. The van der Waals surface area contributed by atoms with Gasteiger partial charge in [-0.1, -0.05) is 90.1 Å². The molecule has 5 nitrogen and oxygen atoms in total. The van der Waals surface area contributed by atoms with Crippen molar-refractivity contribution >= 4 is 34.3 Å². The summed E-state index contributed by atoms with van der Waals surface area (Å²) in [7, 11) is 0. The van der Waals surface area contributed by atoms with Crippen LogP contribution in [0, 0.1) is 6.92 Å². The minimum atomic E-state index is -0.504. The van der Waals surface area contributed by atoms with E-state index in [1.54, 1.807) is 12.1 Å². The predicted molar refractivity (Wildman–Crippen MR) is 125 cm³/mol. The number of benzene rings is 3. The van der Waals surface area contributed by atoms with E-state index in [0.29, 0.717) is 10.7 Å². The number of carbonyl (C=O) groups excluding carboxylic acids is 2. The van der Waals surface area contributed by atoms with Crippen molar-refractivity contribution < 1.29 is 9.59 Å². The Bertz CT molecular complexity index is 1210. The molecule has 1 saturated heterocycles. The van der Waals surface area contributed by atoms with E-state index in [1.165, 1.54) is 11.8 Å². The number of hydrogen-bond acceptors (Lipinski definition) is 5. The average molecular weight is 426 g/mol. The highest BCUT2D eigenvalue weighted by Gasteiger charge is 2.33. The van der Waals surface area contributed by atoms with Crippen LogP contribution in [0.25, 0.3) is 11.1 Å². The van der Waals surface area contributed by atoms with E-state index in [4.69, 9.17) is 0 Å². The van der Waals surface area contributed by atoms with Crippen LogP contribution in [0.4, 0.5) is 0 Å². The molecule has 1 aliphatic carbocycles. The summed E-state index contributed by atoms with van der Waals surface area (Å²) in [5, 5.41) is 11.5. The van der Waals surface area contributed by atoms with Crippen LogP contribution in [0.2, 0.25) is 0 Å². The SMILES string of the molecule is Cc1ccc(C(=O)CC2S/C(=N/N=C3c4ccccc4-c4ccccc43)NC2=O)cc1. The highest BCUT2D eigenvalue weighted by Crippen LogP contribution is 2.36. The topological polar surface area (TPSA) is 70.9 Å². The number of ketones is 1. The van der Waals surface area contributed by atoms with Crippen molar-refractivity contribution in [3.05, 3.63) is 95.1 Å². The molecule has 1 N–H and O–H groups in total. The van der Waals surface area contributed by atoms with Crippen molar-refractivity contribution in [2.24, 2.45) is 10.2 Å². The third kappa shape index (κ3) is 3.70. The number of nitrogens with one attached hydrogen (secondary N) is 1. The minimum Gasteiger partial charge on any atom is -0.303 e. The van der Waals surface area contributed by atoms with Crippen LogP contribution in [-0.2, 0) is 4.79 Å². The average Bonchev–Trinajstić information content (AvgIpc) is 3.30. The molecule has 1 aliphatic heterocycles. The number of rotatable bonds is 4. The molecule has 3 aromatic rings. The van der Waals surface area contributed by atoms with E-state index in [2.05, 4.69) is 27.7 Å². The van der Waals surface area contributed by atoms with Gasteiger partial charge in [0.05, 0.1) is 5.25 Å². The minimum absolute atomic E-state index is 0.0566. The maximum absolute atomic E-state index is 12.5. The maximum atomic E-state index is 12.5. The van der Waals surface area contributed by atoms with E-state index >= 15 is 0 Å². The fourth-order valence-corrected chi connectivity index (χ4v) is 4.73. The first-order valence-corrected chi connectivity index (χ1v) is 10.9. The second kappa shape index (κ2) is 7.96. The van der Waals surface area contributed by atoms with Crippen LogP contribution >= 0.6 is 11.8 Å². The molecule has 1 fully saturated rings. The molecular formula is C25H19N3O2S. The Balaban J connectivity index is 1.37. The molecule has 1 atom stereocenters. The Morgan fingerprint density at radius 2 is 1.45 bits per heavy atom. The van der Waals surface area contributed by atoms with Crippen molar-refractivity contribution in [2.45, 2.75) is 18.6 Å². The lowest BCUT2D eigenvalue weighted by Gasteiger charge is -2.04. The normalized spacial score (nSPS) is 18.0. The number of Topliss-reactive ketones (excluding diaryl/α,β-unsaturated/α-hetero) is 1. The fourth-order valence-electron chi connectivity index (χ4n) is 3.81. The molecule has 1 heterocycles. The monoisotopic (exact) mass is 425 g/mol. The summed E-state index contributed by atoms with van der Waals surface area (Å²) in [6.07, 6.45) is 0.126. The van der Waals surface area contributed by atoms with Crippen molar-refractivity contribution in [3.63, 3.8) is 0 Å². The van der Waals surface area contributed by atoms with Gasteiger partial charge in [0.15, 0.2) is 11.0 Å². The molecule has 0 bridgehead atoms. The molecule has 2 aliphatic rings. The molecule has 0 spiro atoms. The zero-order chi connectivity index (χ0) is 21.4. The first kappa shape index (κ1) is 19.5. The second-order valence-corrected chi connectivity index (χ2v) is 8.73. The highest BCUT2D eigenvalue weighted by atomic mass is 32.2. The number of hydrogen-bond donors (Lipinski definition) is 1. The lowest BCUT2D eigenvalue weighted by atomic mass is 10.0. The standard InChI is InChI=1S/C25H19N3O2S/c1-15-10-12-16(13-11-15)21(29)14-22-24(30)26-25(31-22)28-27-23-19-8-4-2-6-17(19)18-7-3-5-9-20(18)23/h2-13,22H,14H2,1H3,(H,26,28,30). The number of aryl methyl sites for hydroxylation is 1. The van der Waals surface area contributed by atoms with Gasteiger partial charge in [0, 0.05) is 23.1 Å². The summed E-state index contributed by atoms with van der Waals surface area (Å²) in [5.74, 6) is -0.268. The Morgan fingerprint density at radius 1 is 0.871 bits per heavy atom. The van der Waals surface area contributed by atoms with Crippen LogP contribution in [0.1, 0.15) is 33.5 Å². The molecule has 6 heteroatoms. The third-order valence-corrected chi connectivity index (χ3v) is 6.49.